The zero-order chi connectivity index (χ0) is 16.7. The van der Waals surface area contributed by atoms with Crippen LogP contribution in [0.2, 0.25) is 0 Å². The first-order valence-electron chi connectivity index (χ1n) is 7.74. The molecule has 0 unspecified atom stereocenters. The van der Waals surface area contributed by atoms with Gasteiger partial charge in [-0.05, 0) is 31.9 Å². The highest BCUT2D eigenvalue weighted by Crippen LogP contribution is 2.38. The van der Waals surface area contributed by atoms with Crippen molar-refractivity contribution in [1.29, 1.82) is 0 Å². The number of pyridine rings is 1. The normalized spacial score (nSPS) is 13.9. The maximum atomic E-state index is 11.8. The molecule has 0 aromatic carbocycles. The van der Waals surface area contributed by atoms with Gasteiger partial charge < -0.3 is 9.84 Å². The summed E-state index contributed by atoms with van der Waals surface area (Å²) in [7, 11) is 1.59. The summed E-state index contributed by atoms with van der Waals surface area (Å²) in [5, 5.41) is 10.8. The van der Waals surface area contributed by atoms with Crippen LogP contribution in [0.25, 0.3) is 17.3 Å². The fraction of sp³-hybridized carbons (Fsp3) is 0.312. The number of hydrogen-bond donors (Lipinski definition) is 1. The molecule has 4 rings (SSSR count). The van der Waals surface area contributed by atoms with Crippen LogP contribution in [0.15, 0.2) is 29.0 Å². The SMILES string of the molecule is CNC(=O)c1cnn(-c2ccc(-c3nc(C4CC4)no3)cn2)c1C. The third kappa shape index (κ3) is 2.45. The zero-order valence-corrected chi connectivity index (χ0v) is 13.4. The number of hydrogen-bond acceptors (Lipinski definition) is 6. The fourth-order valence-electron chi connectivity index (χ4n) is 2.50. The van der Waals surface area contributed by atoms with Crippen molar-refractivity contribution in [2.45, 2.75) is 25.7 Å². The van der Waals surface area contributed by atoms with Crippen LogP contribution in [0.4, 0.5) is 0 Å². The van der Waals surface area contributed by atoms with Gasteiger partial charge >= 0.3 is 0 Å². The Morgan fingerprint density at radius 1 is 1.33 bits per heavy atom. The van der Waals surface area contributed by atoms with E-state index >= 15 is 0 Å². The van der Waals surface area contributed by atoms with Crippen LogP contribution in [0, 0.1) is 6.92 Å². The first kappa shape index (κ1) is 14.6. The Hall–Kier alpha value is -3.03. The van der Waals surface area contributed by atoms with E-state index in [1.807, 2.05) is 19.1 Å². The lowest BCUT2D eigenvalue weighted by Gasteiger charge is -2.04. The number of aromatic nitrogens is 5. The van der Waals surface area contributed by atoms with Gasteiger partial charge in [0, 0.05) is 19.2 Å². The van der Waals surface area contributed by atoms with E-state index in [1.54, 1.807) is 17.9 Å². The summed E-state index contributed by atoms with van der Waals surface area (Å²) in [5.41, 5.74) is 2.01. The molecule has 3 aromatic rings. The molecule has 0 spiro atoms. The van der Waals surface area contributed by atoms with Gasteiger partial charge in [0.25, 0.3) is 11.8 Å². The largest absolute Gasteiger partial charge is 0.355 e. The highest BCUT2D eigenvalue weighted by Gasteiger charge is 2.29. The van der Waals surface area contributed by atoms with Crippen LogP contribution >= 0.6 is 0 Å². The van der Waals surface area contributed by atoms with Gasteiger partial charge in [-0.3, -0.25) is 4.79 Å². The van der Waals surface area contributed by atoms with Crippen LogP contribution in [0.5, 0.6) is 0 Å². The molecule has 1 fully saturated rings. The van der Waals surface area contributed by atoms with Gasteiger partial charge in [0.05, 0.1) is 23.0 Å². The Morgan fingerprint density at radius 3 is 2.83 bits per heavy atom. The van der Waals surface area contributed by atoms with E-state index in [4.69, 9.17) is 4.52 Å². The van der Waals surface area contributed by atoms with Crippen LogP contribution in [0.3, 0.4) is 0 Å². The number of amides is 1. The van der Waals surface area contributed by atoms with Crippen LogP contribution in [-0.4, -0.2) is 37.9 Å². The molecule has 0 radical (unpaired) electrons. The summed E-state index contributed by atoms with van der Waals surface area (Å²) in [6.07, 6.45) is 5.45. The minimum absolute atomic E-state index is 0.172. The third-order valence-corrected chi connectivity index (χ3v) is 4.08. The summed E-state index contributed by atoms with van der Waals surface area (Å²) >= 11 is 0. The highest BCUT2D eigenvalue weighted by atomic mass is 16.5. The van der Waals surface area contributed by atoms with Crippen molar-refractivity contribution in [1.82, 2.24) is 30.2 Å². The van der Waals surface area contributed by atoms with Gasteiger partial charge in [0.15, 0.2) is 11.6 Å². The van der Waals surface area contributed by atoms with E-state index in [1.165, 1.54) is 6.20 Å². The molecule has 0 bridgehead atoms. The van der Waals surface area contributed by atoms with Crippen LogP contribution < -0.4 is 5.32 Å². The minimum Gasteiger partial charge on any atom is -0.355 e. The molecule has 1 aliphatic carbocycles. The molecule has 0 atom stereocenters. The van der Waals surface area contributed by atoms with Crippen molar-refractivity contribution >= 4 is 5.91 Å². The first-order valence-corrected chi connectivity index (χ1v) is 7.74. The van der Waals surface area contributed by atoms with Crippen molar-refractivity contribution < 1.29 is 9.32 Å². The molecule has 122 valence electrons. The molecule has 1 aliphatic rings. The Balaban J connectivity index is 1.61. The van der Waals surface area contributed by atoms with Crippen LogP contribution in [-0.2, 0) is 0 Å². The smallest absolute Gasteiger partial charge is 0.259 e. The van der Waals surface area contributed by atoms with Gasteiger partial charge in [-0.15, -0.1) is 0 Å². The van der Waals surface area contributed by atoms with Gasteiger partial charge in [-0.25, -0.2) is 9.67 Å². The quantitative estimate of drug-likeness (QED) is 0.786. The van der Waals surface area contributed by atoms with Crippen molar-refractivity contribution in [3.05, 3.63) is 41.6 Å². The predicted octanol–water partition coefficient (Wildman–Crippen LogP) is 1.86. The predicted molar refractivity (Wildman–Crippen MR) is 84.8 cm³/mol. The lowest BCUT2D eigenvalue weighted by atomic mass is 10.2. The van der Waals surface area contributed by atoms with Crippen molar-refractivity contribution in [2.75, 3.05) is 7.05 Å². The summed E-state index contributed by atoms with van der Waals surface area (Å²) in [4.78, 5) is 20.6. The summed E-state index contributed by atoms with van der Waals surface area (Å²) < 4.78 is 6.92. The van der Waals surface area contributed by atoms with Crippen molar-refractivity contribution in [3.63, 3.8) is 0 Å². The minimum atomic E-state index is -0.172. The molecule has 1 saturated carbocycles. The third-order valence-electron chi connectivity index (χ3n) is 4.08. The van der Waals surface area contributed by atoms with Gasteiger partial charge in [0.1, 0.15) is 0 Å². The Kier molecular flexibility index (Phi) is 3.37. The van der Waals surface area contributed by atoms with Crippen molar-refractivity contribution in [2.24, 2.45) is 0 Å². The Bertz CT molecular complexity index is 892. The topological polar surface area (TPSA) is 98.7 Å². The number of nitrogens with zero attached hydrogens (tertiary/aromatic N) is 5. The Labute approximate surface area is 137 Å². The Morgan fingerprint density at radius 2 is 2.17 bits per heavy atom. The standard InChI is InChI=1S/C16H16N6O2/c1-9-12(15(23)17-2)8-19-22(9)13-6-5-11(7-18-13)16-20-14(21-24-16)10-3-4-10/h5-8,10H,3-4H2,1-2H3,(H,17,23). The van der Waals surface area contributed by atoms with E-state index in [9.17, 15) is 4.79 Å². The first-order chi connectivity index (χ1) is 11.7. The second-order valence-electron chi connectivity index (χ2n) is 5.77. The molecule has 3 heterocycles. The lowest BCUT2D eigenvalue weighted by molar-refractivity contribution is 0.0962. The van der Waals surface area contributed by atoms with E-state index in [0.29, 0.717) is 23.2 Å². The number of carbonyl (C=O) groups is 1. The summed E-state index contributed by atoms with van der Waals surface area (Å²) in [6, 6.07) is 3.66. The number of carbonyl (C=O) groups excluding carboxylic acids is 1. The van der Waals surface area contributed by atoms with E-state index < -0.39 is 0 Å². The molecular formula is C16H16N6O2. The average Bonchev–Trinajstić information content (AvgIpc) is 3.22. The molecule has 24 heavy (non-hydrogen) atoms. The second kappa shape index (κ2) is 5.55. The molecule has 0 saturated heterocycles. The molecule has 8 heteroatoms. The molecule has 3 aromatic heterocycles. The monoisotopic (exact) mass is 324 g/mol. The van der Waals surface area contributed by atoms with E-state index in [0.717, 1.165) is 29.9 Å². The summed E-state index contributed by atoms with van der Waals surface area (Å²) in [5.74, 6) is 2.14. The maximum Gasteiger partial charge on any atom is 0.259 e. The molecule has 1 N–H and O–H groups in total. The molecular weight excluding hydrogens is 308 g/mol. The molecule has 8 nitrogen and oxygen atoms in total. The fourth-order valence-corrected chi connectivity index (χ4v) is 2.50. The van der Waals surface area contributed by atoms with Gasteiger partial charge in [-0.1, -0.05) is 5.16 Å². The average molecular weight is 324 g/mol. The molecule has 1 amide bonds. The van der Waals surface area contributed by atoms with Crippen molar-refractivity contribution in [3.8, 4) is 17.3 Å². The second-order valence-corrected chi connectivity index (χ2v) is 5.77. The maximum absolute atomic E-state index is 11.8. The zero-order valence-electron chi connectivity index (χ0n) is 13.4. The van der Waals surface area contributed by atoms with E-state index in [2.05, 4.69) is 25.5 Å². The van der Waals surface area contributed by atoms with Gasteiger partial charge in [-0.2, -0.15) is 10.1 Å². The number of nitrogens with one attached hydrogen (secondary N) is 1. The highest BCUT2D eigenvalue weighted by molar-refractivity contribution is 5.94. The molecule has 0 aliphatic heterocycles. The summed E-state index contributed by atoms with van der Waals surface area (Å²) in [6.45, 7) is 1.83. The number of rotatable bonds is 4. The van der Waals surface area contributed by atoms with Gasteiger partial charge in [0.2, 0.25) is 0 Å². The van der Waals surface area contributed by atoms with Crippen LogP contribution in [0.1, 0.15) is 40.6 Å². The lowest BCUT2D eigenvalue weighted by Crippen LogP contribution is -2.18. The van der Waals surface area contributed by atoms with E-state index in [-0.39, 0.29) is 5.91 Å².